The van der Waals surface area contributed by atoms with Crippen molar-refractivity contribution in [3.8, 4) is 6.07 Å². The molecule has 0 aliphatic carbocycles. The Bertz CT molecular complexity index is 532. The first-order valence-corrected chi connectivity index (χ1v) is 6.61. The lowest BCUT2D eigenvalue weighted by atomic mass is 10.0. The van der Waals surface area contributed by atoms with E-state index in [1.807, 2.05) is 19.9 Å². The van der Waals surface area contributed by atoms with Gasteiger partial charge < -0.3 is 15.4 Å². The number of rotatable bonds is 5. The average molecular weight is 289 g/mol. The molecule has 2 N–H and O–H groups in total. The zero-order valence-corrected chi connectivity index (χ0v) is 12.3. The molecule has 0 aliphatic rings. The van der Waals surface area contributed by atoms with Gasteiger partial charge in [-0.15, -0.1) is 0 Å². The van der Waals surface area contributed by atoms with E-state index >= 15 is 0 Å². The summed E-state index contributed by atoms with van der Waals surface area (Å²) in [4.78, 5) is 23.5. The van der Waals surface area contributed by atoms with Gasteiger partial charge >= 0.3 is 12.0 Å². The van der Waals surface area contributed by atoms with Crippen LogP contribution < -0.4 is 10.6 Å². The van der Waals surface area contributed by atoms with Crippen molar-refractivity contribution in [1.82, 2.24) is 5.32 Å². The number of ether oxygens (including phenoxy) is 1. The van der Waals surface area contributed by atoms with Gasteiger partial charge in [0.1, 0.15) is 6.04 Å². The summed E-state index contributed by atoms with van der Waals surface area (Å²) in [6.45, 7) is 3.91. The Kier molecular flexibility index (Phi) is 6.21. The number of amides is 2. The number of hydrogen-bond donors (Lipinski definition) is 2. The van der Waals surface area contributed by atoms with Crippen LogP contribution in [0.3, 0.4) is 0 Å². The molecular weight excluding hydrogens is 270 g/mol. The lowest BCUT2D eigenvalue weighted by Crippen LogP contribution is -2.44. The molecule has 2 amide bonds. The molecule has 0 aliphatic heterocycles. The van der Waals surface area contributed by atoms with Gasteiger partial charge in [0.2, 0.25) is 0 Å². The number of esters is 1. The van der Waals surface area contributed by atoms with Crippen molar-refractivity contribution in [2.24, 2.45) is 5.92 Å². The van der Waals surface area contributed by atoms with Crippen molar-refractivity contribution in [2.45, 2.75) is 26.3 Å². The van der Waals surface area contributed by atoms with Crippen LogP contribution in [0, 0.1) is 17.2 Å². The topological polar surface area (TPSA) is 91.2 Å². The van der Waals surface area contributed by atoms with Crippen LogP contribution in [0.4, 0.5) is 10.5 Å². The summed E-state index contributed by atoms with van der Waals surface area (Å²) in [7, 11) is 1.29. The van der Waals surface area contributed by atoms with Gasteiger partial charge in [-0.3, -0.25) is 0 Å². The van der Waals surface area contributed by atoms with Crippen molar-refractivity contribution >= 4 is 17.7 Å². The number of nitrogens with one attached hydrogen (secondary N) is 2. The number of hydrogen-bond acceptors (Lipinski definition) is 4. The Morgan fingerprint density at radius 3 is 2.38 bits per heavy atom. The highest BCUT2D eigenvalue weighted by atomic mass is 16.5. The Morgan fingerprint density at radius 1 is 1.29 bits per heavy atom. The summed E-state index contributed by atoms with van der Waals surface area (Å²) in [5, 5.41) is 13.9. The molecule has 0 bridgehead atoms. The number of nitriles is 1. The van der Waals surface area contributed by atoms with Crippen LogP contribution in [0.2, 0.25) is 0 Å². The summed E-state index contributed by atoms with van der Waals surface area (Å²) in [6.07, 6.45) is 0.494. The number of carbonyl (C=O) groups excluding carboxylic acids is 2. The summed E-state index contributed by atoms with van der Waals surface area (Å²) in [6, 6.07) is 7.25. The zero-order chi connectivity index (χ0) is 15.8. The van der Waals surface area contributed by atoms with Gasteiger partial charge in [-0.05, 0) is 36.6 Å². The highest BCUT2D eigenvalue weighted by Gasteiger charge is 2.22. The number of benzene rings is 1. The summed E-state index contributed by atoms with van der Waals surface area (Å²) < 4.78 is 4.68. The fourth-order valence-electron chi connectivity index (χ4n) is 1.78. The Morgan fingerprint density at radius 2 is 1.90 bits per heavy atom. The molecule has 1 aromatic rings. The van der Waals surface area contributed by atoms with Crippen molar-refractivity contribution in [3.05, 3.63) is 29.8 Å². The van der Waals surface area contributed by atoms with E-state index in [1.165, 1.54) is 7.11 Å². The number of nitrogens with zero attached hydrogens (tertiary/aromatic N) is 1. The first-order chi connectivity index (χ1) is 9.96. The van der Waals surface area contributed by atoms with Crippen LogP contribution in [0.25, 0.3) is 0 Å². The maximum atomic E-state index is 11.9. The van der Waals surface area contributed by atoms with Crippen molar-refractivity contribution in [3.63, 3.8) is 0 Å². The van der Waals surface area contributed by atoms with E-state index < -0.39 is 18.0 Å². The molecule has 1 atom stereocenters. The number of carbonyl (C=O) groups is 2. The van der Waals surface area contributed by atoms with Crippen LogP contribution in [0.5, 0.6) is 0 Å². The summed E-state index contributed by atoms with van der Waals surface area (Å²) >= 11 is 0. The van der Waals surface area contributed by atoms with E-state index in [-0.39, 0.29) is 5.92 Å². The largest absolute Gasteiger partial charge is 0.467 e. The van der Waals surface area contributed by atoms with Crippen LogP contribution in [-0.2, 0) is 9.53 Å². The molecule has 0 heterocycles. The third-order valence-electron chi connectivity index (χ3n) is 2.77. The minimum absolute atomic E-state index is 0.240. The zero-order valence-electron chi connectivity index (χ0n) is 12.3. The third kappa shape index (κ3) is 5.53. The minimum atomic E-state index is -0.687. The van der Waals surface area contributed by atoms with E-state index in [0.717, 1.165) is 0 Å². The van der Waals surface area contributed by atoms with Gasteiger partial charge in [0, 0.05) is 5.69 Å². The Labute approximate surface area is 124 Å². The average Bonchev–Trinajstić information content (AvgIpc) is 2.46. The van der Waals surface area contributed by atoms with Crippen molar-refractivity contribution in [2.75, 3.05) is 12.4 Å². The van der Waals surface area contributed by atoms with Gasteiger partial charge in [-0.25, -0.2) is 9.59 Å². The molecule has 0 saturated heterocycles. The number of anilines is 1. The lowest BCUT2D eigenvalue weighted by molar-refractivity contribution is -0.143. The monoisotopic (exact) mass is 289 g/mol. The fraction of sp³-hybridized carbons (Fsp3) is 0.400. The molecule has 1 unspecified atom stereocenters. The highest BCUT2D eigenvalue weighted by Crippen LogP contribution is 2.10. The van der Waals surface area contributed by atoms with E-state index in [4.69, 9.17) is 5.26 Å². The second-order valence-electron chi connectivity index (χ2n) is 4.99. The van der Waals surface area contributed by atoms with Gasteiger partial charge in [0.05, 0.1) is 18.7 Å². The number of urea groups is 1. The molecule has 1 rings (SSSR count). The quantitative estimate of drug-likeness (QED) is 0.813. The van der Waals surface area contributed by atoms with E-state index in [1.54, 1.807) is 24.3 Å². The molecule has 0 saturated carbocycles. The minimum Gasteiger partial charge on any atom is -0.467 e. The molecule has 0 aromatic heterocycles. The maximum Gasteiger partial charge on any atom is 0.328 e. The van der Waals surface area contributed by atoms with Crippen molar-refractivity contribution in [1.29, 1.82) is 5.26 Å². The molecule has 0 spiro atoms. The van der Waals surface area contributed by atoms with Gasteiger partial charge in [-0.2, -0.15) is 5.26 Å². The van der Waals surface area contributed by atoms with Crippen LogP contribution in [0.1, 0.15) is 25.8 Å². The summed E-state index contributed by atoms with van der Waals surface area (Å²) in [5.41, 5.74) is 1.05. The first kappa shape index (κ1) is 16.5. The normalized spacial score (nSPS) is 11.4. The predicted octanol–water partition coefficient (Wildman–Crippen LogP) is 2.27. The van der Waals surface area contributed by atoms with Crippen LogP contribution >= 0.6 is 0 Å². The molecule has 6 heteroatoms. The molecule has 0 radical (unpaired) electrons. The molecule has 112 valence electrons. The molecule has 0 fully saturated rings. The summed E-state index contributed by atoms with van der Waals surface area (Å²) in [5.74, 6) is -0.233. The third-order valence-corrected chi connectivity index (χ3v) is 2.77. The van der Waals surface area contributed by atoms with Gasteiger partial charge in [-0.1, -0.05) is 13.8 Å². The molecular formula is C15H19N3O3. The number of methoxy groups -OCH3 is 1. The van der Waals surface area contributed by atoms with Crippen LogP contribution in [-0.4, -0.2) is 25.2 Å². The second kappa shape index (κ2) is 7.90. The predicted molar refractivity (Wildman–Crippen MR) is 78.6 cm³/mol. The van der Waals surface area contributed by atoms with Crippen LogP contribution in [0.15, 0.2) is 24.3 Å². The van der Waals surface area contributed by atoms with E-state index in [0.29, 0.717) is 17.7 Å². The van der Waals surface area contributed by atoms with E-state index in [2.05, 4.69) is 15.4 Å². The van der Waals surface area contributed by atoms with Gasteiger partial charge in [0.15, 0.2) is 0 Å². The highest BCUT2D eigenvalue weighted by molar-refractivity contribution is 5.92. The SMILES string of the molecule is COC(=O)C(CC(C)C)NC(=O)Nc1ccc(C#N)cc1. The first-order valence-electron chi connectivity index (χ1n) is 6.61. The lowest BCUT2D eigenvalue weighted by Gasteiger charge is -2.18. The Hall–Kier alpha value is -2.55. The standard InChI is InChI=1S/C15H19N3O3/c1-10(2)8-13(14(19)21-3)18-15(20)17-12-6-4-11(9-16)5-7-12/h4-7,10,13H,8H2,1-3H3,(H2,17,18,20). The molecule has 1 aromatic carbocycles. The molecule has 6 nitrogen and oxygen atoms in total. The van der Waals surface area contributed by atoms with Gasteiger partial charge in [0.25, 0.3) is 0 Å². The Balaban J connectivity index is 2.64. The smallest absolute Gasteiger partial charge is 0.328 e. The molecule has 21 heavy (non-hydrogen) atoms. The fourth-order valence-corrected chi connectivity index (χ4v) is 1.78. The van der Waals surface area contributed by atoms with E-state index in [9.17, 15) is 9.59 Å². The van der Waals surface area contributed by atoms with Crippen molar-refractivity contribution < 1.29 is 14.3 Å². The maximum absolute atomic E-state index is 11.9. The second-order valence-corrected chi connectivity index (χ2v) is 4.99.